The van der Waals surface area contributed by atoms with E-state index in [1.54, 1.807) is 0 Å². The van der Waals surface area contributed by atoms with E-state index in [0.717, 1.165) is 11.3 Å². The van der Waals surface area contributed by atoms with Crippen LogP contribution in [0.5, 0.6) is 0 Å². The van der Waals surface area contributed by atoms with Crippen molar-refractivity contribution in [2.24, 2.45) is 11.1 Å². The average molecular weight is 220 g/mol. The van der Waals surface area contributed by atoms with Gasteiger partial charge in [-0.05, 0) is 24.0 Å². The van der Waals surface area contributed by atoms with Crippen molar-refractivity contribution in [2.45, 2.75) is 33.7 Å². The number of benzene rings is 1. The summed E-state index contributed by atoms with van der Waals surface area (Å²) in [4.78, 5) is 11.9. The van der Waals surface area contributed by atoms with Crippen LogP contribution in [0.15, 0.2) is 24.3 Å². The second kappa shape index (κ2) is 4.66. The first-order chi connectivity index (χ1) is 7.32. The van der Waals surface area contributed by atoms with Crippen LogP contribution in [-0.4, -0.2) is 11.9 Å². The molecule has 0 aliphatic rings. The van der Waals surface area contributed by atoms with Crippen molar-refractivity contribution in [3.63, 3.8) is 0 Å². The number of carbonyl (C=O) groups is 1. The van der Waals surface area contributed by atoms with Crippen LogP contribution in [0.1, 0.15) is 26.3 Å². The number of anilines is 1. The highest BCUT2D eigenvalue weighted by Crippen LogP contribution is 2.20. The number of aryl methyl sites for hydroxylation is 1. The molecule has 1 aromatic carbocycles. The molecule has 0 bridgehead atoms. The van der Waals surface area contributed by atoms with Gasteiger partial charge < -0.3 is 11.1 Å². The Hall–Kier alpha value is -1.35. The number of hydrogen-bond donors (Lipinski definition) is 2. The highest BCUT2D eigenvalue weighted by Gasteiger charge is 2.27. The molecule has 0 aliphatic heterocycles. The van der Waals surface area contributed by atoms with Crippen LogP contribution in [0, 0.1) is 12.3 Å². The number of para-hydroxylation sites is 1. The quantitative estimate of drug-likeness (QED) is 0.803. The summed E-state index contributed by atoms with van der Waals surface area (Å²) in [5, 5.41) is 2.85. The van der Waals surface area contributed by atoms with Crippen LogP contribution >= 0.6 is 0 Å². The van der Waals surface area contributed by atoms with Crippen LogP contribution in [0.3, 0.4) is 0 Å². The highest BCUT2D eigenvalue weighted by molar-refractivity contribution is 5.95. The third-order valence-corrected chi connectivity index (χ3v) is 2.62. The number of nitrogens with two attached hydrogens (primary N) is 1. The van der Waals surface area contributed by atoms with Gasteiger partial charge in [0.25, 0.3) is 0 Å². The second-order valence-corrected chi connectivity index (χ2v) is 5.15. The van der Waals surface area contributed by atoms with Gasteiger partial charge in [0.2, 0.25) is 5.91 Å². The first-order valence-electron chi connectivity index (χ1n) is 5.44. The molecule has 1 atom stereocenters. The molecule has 16 heavy (non-hydrogen) atoms. The van der Waals surface area contributed by atoms with Crippen LogP contribution in [-0.2, 0) is 4.79 Å². The molecule has 0 saturated carbocycles. The fourth-order valence-electron chi connectivity index (χ4n) is 1.32. The Morgan fingerprint density at radius 3 is 2.38 bits per heavy atom. The summed E-state index contributed by atoms with van der Waals surface area (Å²) in [7, 11) is 0. The van der Waals surface area contributed by atoms with E-state index in [9.17, 15) is 4.79 Å². The molecular formula is C13H20N2O. The molecule has 1 amide bonds. The van der Waals surface area contributed by atoms with Gasteiger partial charge in [0.05, 0.1) is 6.04 Å². The molecule has 0 spiro atoms. The van der Waals surface area contributed by atoms with E-state index in [4.69, 9.17) is 5.73 Å². The minimum Gasteiger partial charge on any atom is -0.324 e. The number of hydrogen-bond acceptors (Lipinski definition) is 2. The topological polar surface area (TPSA) is 55.1 Å². The largest absolute Gasteiger partial charge is 0.324 e. The summed E-state index contributed by atoms with van der Waals surface area (Å²) in [6, 6.07) is 7.16. The molecule has 0 radical (unpaired) electrons. The zero-order valence-corrected chi connectivity index (χ0v) is 10.4. The lowest BCUT2D eigenvalue weighted by atomic mass is 9.87. The molecule has 1 aromatic rings. The average Bonchev–Trinajstić information content (AvgIpc) is 2.19. The number of nitrogens with one attached hydrogen (secondary N) is 1. The van der Waals surface area contributed by atoms with Crippen molar-refractivity contribution in [1.29, 1.82) is 0 Å². The van der Waals surface area contributed by atoms with Crippen molar-refractivity contribution >= 4 is 11.6 Å². The SMILES string of the molecule is Cc1ccccc1NC(=O)[C@H](N)C(C)(C)C. The molecule has 3 N–H and O–H groups in total. The van der Waals surface area contributed by atoms with Crippen molar-refractivity contribution in [3.05, 3.63) is 29.8 Å². The van der Waals surface area contributed by atoms with Gasteiger partial charge in [0.15, 0.2) is 0 Å². The van der Waals surface area contributed by atoms with Crippen molar-refractivity contribution < 1.29 is 4.79 Å². The van der Waals surface area contributed by atoms with E-state index in [1.807, 2.05) is 52.0 Å². The van der Waals surface area contributed by atoms with Gasteiger partial charge >= 0.3 is 0 Å². The maximum absolute atomic E-state index is 11.9. The lowest BCUT2D eigenvalue weighted by Gasteiger charge is -2.26. The molecular weight excluding hydrogens is 200 g/mol. The zero-order valence-electron chi connectivity index (χ0n) is 10.4. The van der Waals surface area contributed by atoms with Gasteiger partial charge in [-0.15, -0.1) is 0 Å². The minimum atomic E-state index is -0.507. The monoisotopic (exact) mass is 220 g/mol. The van der Waals surface area contributed by atoms with Crippen LogP contribution in [0.2, 0.25) is 0 Å². The first-order valence-corrected chi connectivity index (χ1v) is 5.44. The van der Waals surface area contributed by atoms with E-state index in [2.05, 4.69) is 5.32 Å². The third kappa shape index (κ3) is 3.07. The Kier molecular flexibility index (Phi) is 3.70. The summed E-state index contributed by atoms with van der Waals surface area (Å²) < 4.78 is 0. The molecule has 3 heteroatoms. The standard InChI is InChI=1S/C13H20N2O/c1-9-7-5-6-8-10(9)15-12(16)11(14)13(2,3)4/h5-8,11H,14H2,1-4H3,(H,15,16)/t11-/m0/s1. The van der Waals surface area contributed by atoms with E-state index in [1.165, 1.54) is 0 Å². The van der Waals surface area contributed by atoms with Crippen molar-refractivity contribution in [3.8, 4) is 0 Å². The summed E-state index contributed by atoms with van der Waals surface area (Å²) in [6.45, 7) is 7.82. The van der Waals surface area contributed by atoms with Crippen LogP contribution < -0.4 is 11.1 Å². The van der Waals surface area contributed by atoms with Gasteiger partial charge in [-0.1, -0.05) is 39.0 Å². The first kappa shape index (κ1) is 12.7. The number of carbonyl (C=O) groups excluding carboxylic acids is 1. The molecule has 0 heterocycles. The molecule has 0 unspecified atom stereocenters. The minimum absolute atomic E-state index is 0.137. The smallest absolute Gasteiger partial charge is 0.241 e. The summed E-state index contributed by atoms with van der Waals surface area (Å²) in [5.74, 6) is -0.137. The van der Waals surface area contributed by atoms with Crippen LogP contribution in [0.4, 0.5) is 5.69 Å². The second-order valence-electron chi connectivity index (χ2n) is 5.15. The van der Waals surface area contributed by atoms with Crippen molar-refractivity contribution in [1.82, 2.24) is 0 Å². The lowest BCUT2D eigenvalue weighted by molar-refractivity contribution is -0.119. The maximum Gasteiger partial charge on any atom is 0.241 e. The predicted molar refractivity (Wildman–Crippen MR) is 67.2 cm³/mol. The predicted octanol–water partition coefficient (Wildman–Crippen LogP) is 2.31. The fraction of sp³-hybridized carbons (Fsp3) is 0.462. The molecule has 0 aromatic heterocycles. The third-order valence-electron chi connectivity index (χ3n) is 2.62. The van der Waals surface area contributed by atoms with Gasteiger partial charge in [0.1, 0.15) is 0 Å². The van der Waals surface area contributed by atoms with Gasteiger partial charge in [-0.25, -0.2) is 0 Å². The van der Waals surface area contributed by atoms with E-state index >= 15 is 0 Å². The molecule has 88 valence electrons. The number of rotatable bonds is 2. The molecule has 0 aliphatic carbocycles. The zero-order chi connectivity index (χ0) is 12.3. The molecule has 3 nitrogen and oxygen atoms in total. The van der Waals surface area contributed by atoms with E-state index < -0.39 is 6.04 Å². The highest BCUT2D eigenvalue weighted by atomic mass is 16.2. The Morgan fingerprint density at radius 2 is 1.88 bits per heavy atom. The van der Waals surface area contributed by atoms with Gasteiger partial charge in [-0.3, -0.25) is 4.79 Å². The Bertz CT molecular complexity index is 380. The Morgan fingerprint density at radius 1 is 1.31 bits per heavy atom. The van der Waals surface area contributed by atoms with Gasteiger partial charge in [-0.2, -0.15) is 0 Å². The normalized spacial score (nSPS) is 13.3. The van der Waals surface area contributed by atoms with Gasteiger partial charge in [0, 0.05) is 5.69 Å². The summed E-state index contributed by atoms with van der Waals surface area (Å²) in [6.07, 6.45) is 0. The number of amides is 1. The lowest BCUT2D eigenvalue weighted by Crippen LogP contribution is -2.45. The van der Waals surface area contributed by atoms with E-state index in [0.29, 0.717) is 0 Å². The van der Waals surface area contributed by atoms with E-state index in [-0.39, 0.29) is 11.3 Å². The fourth-order valence-corrected chi connectivity index (χ4v) is 1.32. The Balaban J connectivity index is 2.76. The van der Waals surface area contributed by atoms with Crippen molar-refractivity contribution in [2.75, 3.05) is 5.32 Å². The molecule has 1 rings (SSSR count). The summed E-state index contributed by atoms with van der Waals surface area (Å²) >= 11 is 0. The summed E-state index contributed by atoms with van der Waals surface area (Å²) in [5.41, 5.74) is 7.52. The van der Waals surface area contributed by atoms with Crippen LogP contribution in [0.25, 0.3) is 0 Å². The molecule has 0 fully saturated rings. The Labute approximate surface area is 97.0 Å². The maximum atomic E-state index is 11.9. The molecule has 0 saturated heterocycles.